The number of allylic oxidation sites excluding steroid dienone is 1. The summed E-state index contributed by atoms with van der Waals surface area (Å²) in [5.41, 5.74) is 12.2. The number of carbonyl (C=O) groups is 3. The number of thioether (sulfide) groups is 3. The molecule has 38 heavy (non-hydrogen) atoms. The Hall–Kier alpha value is -2.58. The Morgan fingerprint density at radius 3 is 2.79 bits per heavy atom. The monoisotopic (exact) mass is 613 g/mol. The van der Waals surface area contributed by atoms with Gasteiger partial charge in [-0.25, -0.2) is 9.36 Å². The summed E-state index contributed by atoms with van der Waals surface area (Å²) in [4.78, 5) is 43.6. The number of aliphatic carboxylic acids is 1. The molecule has 15 heteroatoms. The molecule has 2 amide bonds. The number of benzene rings is 1. The molecule has 0 spiro atoms. The van der Waals surface area contributed by atoms with Crippen LogP contribution in [0.1, 0.15) is 0 Å². The van der Waals surface area contributed by atoms with E-state index in [9.17, 15) is 19.5 Å². The number of aromatic nitrogens is 2. The zero-order valence-electron chi connectivity index (χ0n) is 19.9. The van der Waals surface area contributed by atoms with E-state index in [0.29, 0.717) is 42.9 Å². The average molecular weight is 615 g/mol. The first-order valence-corrected chi connectivity index (χ1v) is 14.8. The minimum Gasteiger partial charge on any atom is -0.477 e. The average Bonchev–Trinajstić information content (AvgIpc) is 2.88. The number of halogens is 2. The van der Waals surface area contributed by atoms with E-state index in [-0.39, 0.29) is 23.3 Å². The van der Waals surface area contributed by atoms with Crippen LogP contribution in [0.4, 0.5) is 11.8 Å². The summed E-state index contributed by atoms with van der Waals surface area (Å²) < 4.78 is 1.56. The molecule has 0 aliphatic carbocycles. The van der Waals surface area contributed by atoms with Crippen molar-refractivity contribution in [1.29, 1.82) is 0 Å². The van der Waals surface area contributed by atoms with Crippen molar-refractivity contribution in [3.05, 3.63) is 57.7 Å². The molecule has 1 saturated heterocycles. The van der Waals surface area contributed by atoms with Gasteiger partial charge >= 0.3 is 11.9 Å². The topological polar surface area (TPSA) is 156 Å². The first-order valence-electron chi connectivity index (χ1n) is 11.1. The Morgan fingerprint density at radius 1 is 1.32 bits per heavy atom. The van der Waals surface area contributed by atoms with Crippen LogP contribution in [0, 0.1) is 0 Å². The van der Waals surface area contributed by atoms with Crippen LogP contribution in [-0.2, 0) is 21.4 Å². The lowest BCUT2D eigenvalue weighted by molar-refractivity contribution is -0.645. The molecule has 2 aromatic rings. The van der Waals surface area contributed by atoms with Gasteiger partial charge in [-0.3, -0.25) is 14.5 Å². The normalized spacial score (nSPS) is 18.9. The standard InChI is InChI=1S/C23H22Cl2N6O4S3/c1-30-15(26)8-17(29-23(30)27)36-6-2-3-11-9-38-21-18(20(33)31(21)19(11)22(34)35)28-16(32)10-37-14-7-12(24)4-5-13(14)25/h2-5,7-8,18,21H,6,9-10H2,1H3,(H5,26,27,28,29,32,34,35)/p+1/b3-2+/t18-,21?/m1/s1. The summed E-state index contributed by atoms with van der Waals surface area (Å²) in [5.74, 6) is -0.388. The number of nitrogens with two attached hydrogens (primary N) is 2. The lowest BCUT2D eigenvalue weighted by atomic mass is 10.0. The minimum atomic E-state index is -1.20. The second-order valence-corrected chi connectivity index (χ2v) is 12.2. The van der Waals surface area contributed by atoms with Gasteiger partial charge in [-0.15, -0.1) is 28.5 Å². The van der Waals surface area contributed by atoms with E-state index in [4.69, 9.17) is 34.7 Å². The number of nitrogens with one attached hydrogen (secondary N) is 1. The maximum atomic E-state index is 12.9. The molecular weight excluding hydrogens is 591 g/mol. The molecule has 0 saturated carbocycles. The molecule has 1 fully saturated rings. The Kier molecular flexibility index (Phi) is 9.04. The molecule has 200 valence electrons. The number of hydrogen-bond acceptors (Lipinski definition) is 9. The number of rotatable bonds is 9. The van der Waals surface area contributed by atoms with E-state index in [2.05, 4.69) is 10.3 Å². The molecule has 6 N–H and O–H groups in total. The minimum absolute atomic E-state index is 0.0281. The lowest BCUT2D eigenvalue weighted by Gasteiger charge is -2.49. The van der Waals surface area contributed by atoms with Crippen molar-refractivity contribution in [2.45, 2.75) is 21.3 Å². The number of fused-ring (bicyclic) bond motifs is 1. The van der Waals surface area contributed by atoms with Crippen LogP contribution in [0.15, 0.2) is 57.6 Å². The smallest absolute Gasteiger partial charge is 0.352 e. The second kappa shape index (κ2) is 12.1. The quantitative estimate of drug-likeness (QED) is 0.143. The van der Waals surface area contributed by atoms with Crippen LogP contribution >= 0.6 is 58.5 Å². The van der Waals surface area contributed by atoms with Gasteiger partial charge in [-0.1, -0.05) is 47.1 Å². The summed E-state index contributed by atoms with van der Waals surface area (Å²) >= 11 is 16.1. The second-order valence-electron chi connectivity index (χ2n) is 8.15. The molecule has 0 bridgehead atoms. The molecule has 10 nitrogen and oxygen atoms in total. The fourth-order valence-electron chi connectivity index (χ4n) is 3.69. The highest BCUT2D eigenvalue weighted by Crippen LogP contribution is 2.41. The Bertz CT molecular complexity index is 1350. The third-order valence-corrected chi connectivity index (χ3v) is 9.54. The first-order chi connectivity index (χ1) is 18.1. The van der Waals surface area contributed by atoms with Crippen molar-refractivity contribution >= 4 is 88.0 Å². The Labute approximate surface area is 241 Å². The number of carboxylic acids is 1. The highest BCUT2D eigenvalue weighted by Gasteiger charge is 2.53. The summed E-state index contributed by atoms with van der Waals surface area (Å²) in [6, 6.07) is 5.85. The van der Waals surface area contributed by atoms with Gasteiger partial charge in [0.2, 0.25) is 5.91 Å². The van der Waals surface area contributed by atoms with Crippen molar-refractivity contribution in [3.63, 3.8) is 0 Å². The van der Waals surface area contributed by atoms with Gasteiger partial charge in [0.25, 0.3) is 5.91 Å². The zero-order chi connectivity index (χ0) is 27.6. The van der Waals surface area contributed by atoms with Gasteiger partial charge in [-0.2, -0.15) is 0 Å². The maximum absolute atomic E-state index is 12.9. The van der Waals surface area contributed by atoms with Gasteiger partial charge in [-0.05, 0) is 23.8 Å². The van der Waals surface area contributed by atoms with E-state index < -0.39 is 23.3 Å². The summed E-state index contributed by atoms with van der Waals surface area (Å²) in [6.07, 6.45) is 3.49. The van der Waals surface area contributed by atoms with Gasteiger partial charge < -0.3 is 21.9 Å². The van der Waals surface area contributed by atoms with E-state index in [1.54, 1.807) is 48.0 Å². The first kappa shape index (κ1) is 28.4. The molecule has 3 heterocycles. The molecule has 4 rings (SSSR count). The number of amides is 2. The maximum Gasteiger partial charge on any atom is 0.352 e. The number of carboxylic acid groups (broad SMARTS) is 1. The number of β-lactam (4-membered cyclic amide) rings is 1. The number of nitrogens with zero attached hydrogens (tertiary/aromatic N) is 3. The van der Waals surface area contributed by atoms with Crippen LogP contribution in [0.25, 0.3) is 0 Å². The molecule has 1 unspecified atom stereocenters. The number of anilines is 2. The van der Waals surface area contributed by atoms with Crippen molar-refractivity contribution < 1.29 is 24.1 Å². The van der Waals surface area contributed by atoms with Gasteiger partial charge in [0.15, 0.2) is 10.8 Å². The fourth-order valence-corrected chi connectivity index (χ4v) is 7.04. The fraction of sp³-hybridized carbons (Fsp3) is 0.261. The third kappa shape index (κ3) is 6.18. The Morgan fingerprint density at radius 2 is 2.08 bits per heavy atom. The van der Waals surface area contributed by atoms with Crippen LogP contribution in [0.5, 0.6) is 0 Å². The van der Waals surface area contributed by atoms with Crippen LogP contribution in [0.3, 0.4) is 0 Å². The molecule has 2 aliphatic heterocycles. The number of nitrogen functional groups attached to an aromatic ring is 2. The number of carbonyl (C=O) groups excluding carboxylic acids is 2. The van der Waals surface area contributed by atoms with E-state index in [1.165, 1.54) is 40.2 Å². The van der Waals surface area contributed by atoms with Crippen molar-refractivity contribution in [3.8, 4) is 0 Å². The molecule has 0 radical (unpaired) electrons. The van der Waals surface area contributed by atoms with Gasteiger partial charge in [0, 0.05) is 27.5 Å². The summed E-state index contributed by atoms with van der Waals surface area (Å²) in [5, 5.41) is 13.7. The highest BCUT2D eigenvalue weighted by molar-refractivity contribution is 8.00. The molecular formula is C23H23Cl2N6O4S3+. The highest BCUT2D eigenvalue weighted by atomic mass is 35.5. The predicted molar refractivity (Wildman–Crippen MR) is 151 cm³/mol. The lowest BCUT2D eigenvalue weighted by Crippen LogP contribution is -2.70. The zero-order valence-corrected chi connectivity index (χ0v) is 23.9. The van der Waals surface area contributed by atoms with E-state index in [0.717, 1.165) is 0 Å². The molecule has 1 aromatic carbocycles. The van der Waals surface area contributed by atoms with Crippen molar-refractivity contribution in [2.75, 3.05) is 28.7 Å². The van der Waals surface area contributed by atoms with E-state index in [1.807, 2.05) is 0 Å². The molecule has 2 atom stereocenters. The van der Waals surface area contributed by atoms with Crippen LogP contribution in [-0.4, -0.2) is 61.4 Å². The molecule has 2 aliphatic rings. The van der Waals surface area contributed by atoms with E-state index >= 15 is 0 Å². The predicted octanol–water partition coefficient (Wildman–Crippen LogP) is 2.56. The SMILES string of the molecule is C[n+]1c(N)cc(SC/C=C/C2=C(C(=O)O)N3C(=O)[C@@H](NC(=O)CSc4cc(Cl)ccc4Cl)C3SC2)nc1N. The largest absolute Gasteiger partial charge is 0.477 e. The summed E-state index contributed by atoms with van der Waals surface area (Å²) in [6.45, 7) is 0. The van der Waals surface area contributed by atoms with Gasteiger partial charge in [0.1, 0.15) is 17.1 Å². The van der Waals surface area contributed by atoms with Crippen molar-refractivity contribution in [2.24, 2.45) is 7.05 Å². The third-order valence-electron chi connectivity index (χ3n) is 5.64. The van der Waals surface area contributed by atoms with Crippen molar-refractivity contribution in [1.82, 2.24) is 15.2 Å². The Balaban J connectivity index is 1.37. The van der Waals surface area contributed by atoms with Crippen LogP contribution < -0.4 is 21.4 Å². The summed E-state index contributed by atoms with van der Waals surface area (Å²) in [7, 11) is 1.71. The van der Waals surface area contributed by atoms with Gasteiger partial charge in [0.05, 0.1) is 17.8 Å². The van der Waals surface area contributed by atoms with Crippen LogP contribution in [0.2, 0.25) is 10.0 Å². The molecule has 1 aromatic heterocycles. The number of hydrogen-bond donors (Lipinski definition) is 4.